The molecule has 0 aliphatic rings. The molecule has 8 heteroatoms. The predicted molar refractivity (Wildman–Crippen MR) is 100 cm³/mol. The first-order valence-electron chi connectivity index (χ1n) is 8.07. The Morgan fingerprint density at radius 1 is 1.23 bits per heavy atom. The molecule has 0 fully saturated rings. The molecule has 1 N–H and O–H groups in total. The highest BCUT2D eigenvalue weighted by Crippen LogP contribution is 2.18. The van der Waals surface area contributed by atoms with Crippen LogP contribution in [0.5, 0.6) is 0 Å². The molecule has 0 bridgehead atoms. The maximum Gasteiger partial charge on any atom is 0.253 e. The summed E-state index contributed by atoms with van der Waals surface area (Å²) in [5.41, 5.74) is 4.62. The van der Waals surface area contributed by atoms with Crippen LogP contribution >= 0.6 is 11.8 Å². The molecule has 0 radical (unpaired) electrons. The number of aryl methyl sites for hydroxylation is 2. The maximum absolute atomic E-state index is 12.1. The molecule has 0 atom stereocenters. The predicted octanol–water partition coefficient (Wildman–Crippen LogP) is 2.85. The van der Waals surface area contributed by atoms with Gasteiger partial charge in [0.05, 0.1) is 18.2 Å². The number of nitrogens with zero attached hydrogens (tertiary/aromatic N) is 5. The summed E-state index contributed by atoms with van der Waals surface area (Å²) in [7, 11) is 0. The van der Waals surface area contributed by atoms with Gasteiger partial charge in [-0.15, -0.1) is 5.10 Å². The van der Waals surface area contributed by atoms with Gasteiger partial charge in [0.25, 0.3) is 5.78 Å². The molecular formula is C18H18N6OS. The highest BCUT2D eigenvalue weighted by atomic mass is 32.2. The monoisotopic (exact) mass is 366 g/mol. The number of carbonyl (C=O) groups is 1. The lowest BCUT2D eigenvalue weighted by atomic mass is 10.1. The van der Waals surface area contributed by atoms with Gasteiger partial charge in [0.1, 0.15) is 0 Å². The number of hydrogen-bond acceptors (Lipinski definition) is 6. The summed E-state index contributed by atoms with van der Waals surface area (Å²) >= 11 is 1.27. The summed E-state index contributed by atoms with van der Waals surface area (Å²) in [5.74, 6) is 0.605. The molecule has 3 rings (SSSR count). The minimum absolute atomic E-state index is 0.140. The van der Waals surface area contributed by atoms with E-state index in [-0.39, 0.29) is 11.7 Å². The first-order chi connectivity index (χ1) is 12.5. The average Bonchev–Trinajstić information content (AvgIpc) is 3.03. The number of amides is 1. The van der Waals surface area contributed by atoms with Crippen LogP contribution in [0.1, 0.15) is 22.5 Å². The molecule has 0 aliphatic heterocycles. The van der Waals surface area contributed by atoms with Gasteiger partial charge < -0.3 is 5.32 Å². The van der Waals surface area contributed by atoms with Crippen LogP contribution in [0.3, 0.4) is 0 Å². The lowest BCUT2D eigenvalue weighted by Gasteiger charge is -2.04. The molecule has 26 heavy (non-hydrogen) atoms. The third-order valence-corrected chi connectivity index (χ3v) is 4.93. The number of nitriles is 1. The molecule has 0 saturated carbocycles. The lowest BCUT2D eigenvalue weighted by Crippen LogP contribution is -2.14. The Hall–Kier alpha value is -2.92. The van der Waals surface area contributed by atoms with E-state index in [1.165, 1.54) is 11.8 Å². The SMILES string of the molecule is Cc1nc2nc(SCC(=O)Nc3ccc(CC#N)cc3)nn2c(C)c1C. The van der Waals surface area contributed by atoms with Crippen LogP contribution in [0.2, 0.25) is 0 Å². The van der Waals surface area contributed by atoms with Crippen molar-refractivity contribution in [2.75, 3.05) is 11.1 Å². The van der Waals surface area contributed by atoms with Gasteiger partial charge in [-0.2, -0.15) is 10.2 Å². The second kappa shape index (κ2) is 7.54. The molecule has 132 valence electrons. The quantitative estimate of drug-likeness (QED) is 0.698. The van der Waals surface area contributed by atoms with Gasteiger partial charge >= 0.3 is 0 Å². The van der Waals surface area contributed by atoms with E-state index < -0.39 is 0 Å². The minimum Gasteiger partial charge on any atom is -0.325 e. The third-order valence-electron chi connectivity index (χ3n) is 4.09. The van der Waals surface area contributed by atoms with Crippen LogP contribution in [-0.2, 0) is 11.2 Å². The number of carbonyl (C=O) groups excluding carboxylic acids is 1. The van der Waals surface area contributed by atoms with Gasteiger partial charge in [-0.25, -0.2) is 9.50 Å². The molecule has 0 spiro atoms. The summed E-state index contributed by atoms with van der Waals surface area (Å²) in [6.07, 6.45) is 0.357. The van der Waals surface area contributed by atoms with Gasteiger partial charge in [-0.05, 0) is 44.0 Å². The molecule has 7 nitrogen and oxygen atoms in total. The number of fused-ring (bicyclic) bond motifs is 1. The molecule has 2 heterocycles. The van der Waals surface area contributed by atoms with Crippen molar-refractivity contribution in [1.82, 2.24) is 19.6 Å². The maximum atomic E-state index is 12.1. The van der Waals surface area contributed by atoms with Crippen molar-refractivity contribution in [1.29, 1.82) is 5.26 Å². The summed E-state index contributed by atoms with van der Waals surface area (Å²) < 4.78 is 1.70. The highest BCUT2D eigenvalue weighted by molar-refractivity contribution is 7.99. The number of benzene rings is 1. The van der Waals surface area contributed by atoms with Gasteiger partial charge in [-0.1, -0.05) is 23.9 Å². The van der Waals surface area contributed by atoms with Crippen LogP contribution in [0.15, 0.2) is 29.4 Å². The van der Waals surface area contributed by atoms with E-state index in [2.05, 4.69) is 26.5 Å². The summed E-state index contributed by atoms with van der Waals surface area (Å²) in [6.45, 7) is 5.92. The Bertz CT molecular complexity index is 1000. The minimum atomic E-state index is -0.140. The summed E-state index contributed by atoms with van der Waals surface area (Å²) in [6, 6.07) is 9.33. The van der Waals surface area contributed by atoms with Crippen LogP contribution in [0.4, 0.5) is 5.69 Å². The Kier molecular flexibility index (Phi) is 5.19. The molecule has 0 saturated heterocycles. The number of aromatic nitrogens is 4. The second-order valence-corrected chi connectivity index (χ2v) is 6.82. The summed E-state index contributed by atoms with van der Waals surface area (Å²) in [4.78, 5) is 20.9. The van der Waals surface area contributed by atoms with Crippen molar-refractivity contribution >= 4 is 29.1 Å². The zero-order chi connectivity index (χ0) is 18.7. The normalized spacial score (nSPS) is 10.7. The van der Waals surface area contributed by atoms with Crippen LogP contribution < -0.4 is 5.32 Å². The highest BCUT2D eigenvalue weighted by Gasteiger charge is 2.12. The van der Waals surface area contributed by atoms with Gasteiger partial charge in [0.15, 0.2) is 0 Å². The zero-order valence-corrected chi connectivity index (χ0v) is 15.6. The van der Waals surface area contributed by atoms with Gasteiger partial charge in [-0.3, -0.25) is 4.79 Å². The van der Waals surface area contributed by atoms with Crippen molar-refractivity contribution in [3.8, 4) is 6.07 Å². The fraction of sp³-hybridized carbons (Fsp3) is 0.278. The van der Waals surface area contributed by atoms with Crippen LogP contribution in [0, 0.1) is 32.1 Å². The van der Waals surface area contributed by atoms with Crippen molar-refractivity contribution in [3.05, 3.63) is 46.8 Å². The van der Waals surface area contributed by atoms with Gasteiger partial charge in [0, 0.05) is 17.1 Å². The topological polar surface area (TPSA) is 96.0 Å². The van der Waals surface area contributed by atoms with E-state index in [1.807, 2.05) is 32.9 Å². The molecule has 1 aromatic carbocycles. The Labute approximate surface area is 155 Å². The van der Waals surface area contributed by atoms with Crippen LogP contribution in [0.25, 0.3) is 5.78 Å². The largest absolute Gasteiger partial charge is 0.325 e. The molecule has 2 aromatic heterocycles. The van der Waals surface area contributed by atoms with E-state index in [1.54, 1.807) is 16.6 Å². The number of hydrogen-bond donors (Lipinski definition) is 1. The van der Waals surface area contributed by atoms with E-state index in [0.717, 1.165) is 22.5 Å². The van der Waals surface area contributed by atoms with Crippen molar-refractivity contribution in [2.24, 2.45) is 0 Å². The van der Waals surface area contributed by atoms with Crippen LogP contribution in [-0.4, -0.2) is 31.2 Å². The lowest BCUT2D eigenvalue weighted by molar-refractivity contribution is -0.113. The summed E-state index contributed by atoms with van der Waals surface area (Å²) in [5, 5.41) is 16.4. The number of rotatable bonds is 5. The van der Waals surface area contributed by atoms with E-state index in [4.69, 9.17) is 5.26 Å². The third kappa shape index (κ3) is 3.83. The van der Waals surface area contributed by atoms with Crippen molar-refractivity contribution in [2.45, 2.75) is 32.3 Å². The second-order valence-electron chi connectivity index (χ2n) is 5.88. The zero-order valence-electron chi connectivity index (χ0n) is 14.8. The number of thioether (sulfide) groups is 1. The standard InChI is InChI=1S/C18H18N6OS/c1-11-12(2)20-17-22-18(23-24(17)13(11)3)26-10-16(25)21-15-6-4-14(5-7-15)8-9-19/h4-7H,8,10H2,1-3H3,(H,21,25). The van der Waals surface area contributed by atoms with Crippen molar-refractivity contribution < 1.29 is 4.79 Å². The average molecular weight is 366 g/mol. The fourth-order valence-corrected chi connectivity index (χ4v) is 3.04. The first kappa shape index (κ1) is 17.9. The smallest absolute Gasteiger partial charge is 0.253 e. The van der Waals surface area contributed by atoms with E-state index in [9.17, 15) is 4.79 Å². The molecule has 0 aliphatic carbocycles. The Balaban J connectivity index is 1.63. The molecule has 1 amide bonds. The molecular weight excluding hydrogens is 348 g/mol. The number of anilines is 1. The van der Waals surface area contributed by atoms with Crippen molar-refractivity contribution in [3.63, 3.8) is 0 Å². The van der Waals surface area contributed by atoms with E-state index >= 15 is 0 Å². The first-order valence-corrected chi connectivity index (χ1v) is 9.05. The molecule has 0 unspecified atom stereocenters. The molecule has 3 aromatic rings. The van der Waals surface area contributed by atoms with Gasteiger partial charge in [0.2, 0.25) is 11.1 Å². The fourth-order valence-electron chi connectivity index (χ4n) is 2.42. The Morgan fingerprint density at radius 2 is 1.96 bits per heavy atom. The Morgan fingerprint density at radius 3 is 2.65 bits per heavy atom. The van der Waals surface area contributed by atoms with E-state index in [0.29, 0.717) is 23.0 Å². The number of nitrogens with one attached hydrogen (secondary N) is 1.